The van der Waals surface area contributed by atoms with E-state index in [1.54, 1.807) is 0 Å². The Hall–Kier alpha value is -1.55. The van der Waals surface area contributed by atoms with E-state index in [-0.39, 0.29) is 5.91 Å². The number of hydrogen-bond acceptors (Lipinski definition) is 3. The zero-order valence-electron chi connectivity index (χ0n) is 13.3. The lowest BCUT2D eigenvalue weighted by Gasteiger charge is -2.36. The Bertz CT molecular complexity index is 476. The number of piperidine rings is 1. The van der Waals surface area contributed by atoms with Gasteiger partial charge in [-0.3, -0.25) is 4.79 Å². The highest BCUT2D eigenvalue weighted by molar-refractivity contribution is 5.94. The maximum Gasteiger partial charge on any atom is 0.253 e. The van der Waals surface area contributed by atoms with Crippen LogP contribution in [0.15, 0.2) is 24.3 Å². The lowest BCUT2D eigenvalue weighted by molar-refractivity contribution is 0.0649. The van der Waals surface area contributed by atoms with Crippen LogP contribution in [0.3, 0.4) is 0 Å². The molecule has 0 radical (unpaired) electrons. The number of ether oxygens (including phenoxy) is 1. The molecule has 2 rings (SSSR count). The lowest BCUT2D eigenvalue weighted by atomic mass is 9.93. The molecule has 0 aliphatic carbocycles. The van der Waals surface area contributed by atoms with Gasteiger partial charge < -0.3 is 15.0 Å². The summed E-state index contributed by atoms with van der Waals surface area (Å²) in [5.41, 5.74) is 0.721. The molecular weight excluding hydrogens is 264 g/mol. The maximum atomic E-state index is 12.6. The zero-order valence-corrected chi connectivity index (χ0v) is 13.3. The van der Waals surface area contributed by atoms with Gasteiger partial charge in [-0.1, -0.05) is 19.9 Å². The van der Waals surface area contributed by atoms with Gasteiger partial charge in [-0.25, -0.2) is 0 Å². The fraction of sp³-hybridized carbons (Fsp3) is 0.588. The van der Waals surface area contributed by atoms with Crippen molar-refractivity contribution in [3.05, 3.63) is 29.8 Å². The molecule has 0 spiro atoms. The average molecular weight is 290 g/mol. The van der Waals surface area contributed by atoms with Gasteiger partial charge in [0.25, 0.3) is 5.91 Å². The fourth-order valence-corrected chi connectivity index (χ4v) is 2.88. The Kier molecular flexibility index (Phi) is 5.62. The van der Waals surface area contributed by atoms with Crippen molar-refractivity contribution in [3.8, 4) is 5.75 Å². The van der Waals surface area contributed by atoms with Gasteiger partial charge in [-0.2, -0.15) is 0 Å². The Morgan fingerprint density at radius 2 is 2.29 bits per heavy atom. The van der Waals surface area contributed by atoms with E-state index in [2.05, 4.69) is 19.2 Å². The van der Waals surface area contributed by atoms with Gasteiger partial charge in [0, 0.05) is 24.7 Å². The number of nitrogens with zero attached hydrogens (tertiary/aromatic N) is 1. The van der Waals surface area contributed by atoms with Gasteiger partial charge in [0.1, 0.15) is 5.75 Å². The summed E-state index contributed by atoms with van der Waals surface area (Å²) in [6.07, 6.45) is 1.97. The van der Waals surface area contributed by atoms with E-state index in [0.717, 1.165) is 37.2 Å². The zero-order chi connectivity index (χ0) is 15.2. The highest BCUT2D eigenvalue weighted by atomic mass is 16.5. The van der Waals surface area contributed by atoms with E-state index < -0.39 is 0 Å². The third-order valence-electron chi connectivity index (χ3n) is 4.12. The number of nitrogens with one attached hydrogen (secondary N) is 1. The molecule has 116 valence electrons. The summed E-state index contributed by atoms with van der Waals surface area (Å²) in [4.78, 5) is 14.6. The molecule has 1 aliphatic heterocycles. The summed E-state index contributed by atoms with van der Waals surface area (Å²) in [6, 6.07) is 8.03. The van der Waals surface area contributed by atoms with Crippen LogP contribution in [-0.2, 0) is 0 Å². The number of amides is 1. The van der Waals surface area contributed by atoms with Crippen molar-refractivity contribution in [3.63, 3.8) is 0 Å². The molecule has 1 amide bonds. The molecule has 0 aromatic heterocycles. The molecule has 1 aromatic carbocycles. The minimum Gasteiger partial charge on any atom is -0.494 e. The largest absolute Gasteiger partial charge is 0.494 e. The molecule has 1 heterocycles. The van der Waals surface area contributed by atoms with Gasteiger partial charge in [0.15, 0.2) is 0 Å². The molecule has 4 heteroatoms. The van der Waals surface area contributed by atoms with E-state index >= 15 is 0 Å². The fourth-order valence-electron chi connectivity index (χ4n) is 2.88. The molecule has 4 nitrogen and oxygen atoms in total. The summed E-state index contributed by atoms with van der Waals surface area (Å²) in [5, 5.41) is 3.33. The Labute approximate surface area is 127 Å². The first-order valence-electron chi connectivity index (χ1n) is 7.85. The average Bonchev–Trinajstić information content (AvgIpc) is 2.52. The molecule has 1 aliphatic rings. The SMILES string of the molecule is CCCOc1cccc(C(=O)N2CCC(NC)C(C)C2)c1. The first kappa shape index (κ1) is 15.8. The molecule has 21 heavy (non-hydrogen) atoms. The standard InChI is InChI=1S/C17H26N2O2/c1-4-10-21-15-7-5-6-14(11-15)17(20)19-9-8-16(18-3)13(2)12-19/h5-7,11,13,16,18H,4,8-10,12H2,1-3H3. The second-order valence-electron chi connectivity index (χ2n) is 5.79. The summed E-state index contributed by atoms with van der Waals surface area (Å²) >= 11 is 0. The van der Waals surface area contributed by atoms with Gasteiger partial charge >= 0.3 is 0 Å². The minimum atomic E-state index is 0.110. The molecule has 1 N–H and O–H groups in total. The van der Waals surface area contributed by atoms with Crippen molar-refractivity contribution in [2.75, 3.05) is 26.7 Å². The van der Waals surface area contributed by atoms with Crippen molar-refractivity contribution in [1.82, 2.24) is 10.2 Å². The van der Waals surface area contributed by atoms with Crippen molar-refractivity contribution >= 4 is 5.91 Å². The van der Waals surface area contributed by atoms with Crippen LogP contribution in [0.1, 0.15) is 37.0 Å². The Balaban J connectivity index is 2.03. The predicted octanol–water partition coefficient (Wildman–Crippen LogP) is 2.55. The second-order valence-corrected chi connectivity index (χ2v) is 5.79. The number of hydrogen-bond donors (Lipinski definition) is 1. The monoisotopic (exact) mass is 290 g/mol. The smallest absolute Gasteiger partial charge is 0.253 e. The number of likely N-dealkylation sites (tertiary alicyclic amines) is 1. The van der Waals surface area contributed by atoms with Crippen LogP contribution < -0.4 is 10.1 Å². The number of rotatable bonds is 5. The number of carbonyl (C=O) groups is 1. The quantitative estimate of drug-likeness (QED) is 0.906. The molecule has 0 saturated carbocycles. The molecule has 2 atom stereocenters. The number of carbonyl (C=O) groups excluding carboxylic acids is 1. The topological polar surface area (TPSA) is 41.6 Å². The minimum absolute atomic E-state index is 0.110. The van der Waals surface area contributed by atoms with Crippen molar-refractivity contribution in [1.29, 1.82) is 0 Å². The molecule has 1 saturated heterocycles. The van der Waals surface area contributed by atoms with E-state index in [0.29, 0.717) is 18.6 Å². The second kappa shape index (κ2) is 7.46. The predicted molar refractivity (Wildman–Crippen MR) is 84.8 cm³/mol. The third-order valence-corrected chi connectivity index (χ3v) is 4.12. The first-order chi connectivity index (χ1) is 10.2. The van der Waals surface area contributed by atoms with Crippen LogP contribution >= 0.6 is 0 Å². The first-order valence-corrected chi connectivity index (χ1v) is 7.85. The van der Waals surface area contributed by atoms with Crippen LogP contribution in [0.2, 0.25) is 0 Å². The van der Waals surface area contributed by atoms with Crippen LogP contribution in [-0.4, -0.2) is 43.6 Å². The highest BCUT2D eigenvalue weighted by Gasteiger charge is 2.28. The molecular formula is C17H26N2O2. The highest BCUT2D eigenvalue weighted by Crippen LogP contribution is 2.20. The van der Waals surface area contributed by atoms with Crippen LogP contribution in [0, 0.1) is 5.92 Å². The normalized spacial score (nSPS) is 22.1. The van der Waals surface area contributed by atoms with Gasteiger partial charge in [0.05, 0.1) is 6.61 Å². The summed E-state index contributed by atoms with van der Waals surface area (Å²) in [7, 11) is 1.99. The molecule has 1 aromatic rings. The van der Waals surface area contributed by atoms with Gasteiger partial charge in [-0.05, 0) is 44.0 Å². The Morgan fingerprint density at radius 3 is 2.95 bits per heavy atom. The van der Waals surface area contributed by atoms with Crippen molar-refractivity contribution in [2.45, 2.75) is 32.7 Å². The van der Waals surface area contributed by atoms with Crippen LogP contribution in [0.5, 0.6) is 5.75 Å². The summed E-state index contributed by atoms with van der Waals surface area (Å²) in [5.74, 6) is 1.37. The number of benzene rings is 1. The van der Waals surface area contributed by atoms with E-state index in [4.69, 9.17) is 4.74 Å². The molecule has 1 fully saturated rings. The Morgan fingerprint density at radius 1 is 1.48 bits per heavy atom. The van der Waals surface area contributed by atoms with Gasteiger partial charge in [-0.15, -0.1) is 0 Å². The maximum absolute atomic E-state index is 12.6. The summed E-state index contributed by atoms with van der Waals surface area (Å²) in [6.45, 7) is 6.57. The van der Waals surface area contributed by atoms with Gasteiger partial charge in [0.2, 0.25) is 0 Å². The van der Waals surface area contributed by atoms with Crippen molar-refractivity contribution < 1.29 is 9.53 Å². The summed E-state index contributed by atoms with van der Waals surface area (Å²) < 4.78 is 5.61. The van der Waals surface area contributed by atoms with E-state index in [1.165, 1.54) is 0 Å². The van der Waals surface area contributed by atoms with Crippen LogP contribution in [0.25, 0.3) is 0 Å². The lowest BCUT2D eigenvalue weighted by Crippen LogP contribution is -2.49. The third kappa shape index (κ3) is 3.97. The van der Waals surface area contributed by atoms with E-state index in [9.17, 15) is 4.79 Å². The van der Waals surface area contributed by atoms with Crippen LogP contribution in [0.4, 0.5) is 0 Å². The molecule has 0 bridgehead atoms. The molecule has 2 unspecified atom stereocenters. The van der Waals surface area contributed by atoms with Crippen molar-refractivity contribution in [2.24, 2.45) is 5.92 Å². The van der Waals surface area contributed by atoms with E-state index in [1.807, 2.05) is 36.2 Å².